The fourth-order valence-corrected chi connectivity index (χ4v) is 0. The Morgan fingerprint density at radius 1 is 1.75 bits per heavy atom. The average molecular weight is 138 g/mol. The molecule has 0 saturated heterocycles. The van der Waals surface area contributed by atoms with E-state index in [0.717, 1.165) is 0 Å². The molecule has 0 saturated carbocycles. The predicted octanol–water partition coefficient (Wildman–Crippen LogP) is -1.05. The Morgan fingerprint density at radius 2 is 1.75 bits per heavy atom. The van der Waals surface area contributed by atoms with E-state index in [1.54, 1.807) is 0 Å². The van der Waals surface area contributed by atoms with Crippen molar-refractivity contribution < 1.29 is 18.6 Å². The summed E-state index contributed by atoms with van der Waals surface area (Å²) >= 11 is -0.278. The quantitative estimate of drug-likeness (QED) is 0.423. The van der Waals surface area contributed by atoms with Gasteiger partial charge in [-0.2, -0.15) is 0 Å². The van der Waals surface area contributed by atoms with E-state index in [4.69, 9.17) is 4.19 Å². The van der Waals surface area contributed by atoms with E-state index in [9.17, 15) is 0 Å². The van der Waals surface area contributed by atoms with Crippen molar-refractivity contribution in [2.75, 3.05) is 0 Å². The standard InChI is InChI=1S/Al.ClH.Fe.H2O.3H/h;1H;;1H2;;;/q;;+2;;;;/p-2. The van der Waals surface area contributed by atoms with Crippen LogP contribution in [0.2, 0.25) is 0 Å². The van der Waals surface area contributed by atoms with Gasteiger partial charge in [0.05, 0.1) is 0 Å². The summed E-state index contributed by atoms with van der Waals surface area (Å²) < 4.78 is 7.33. The molecule has 0 rings (SSSR count). The van der Waals surface area contributed by atoms with Crippen molar-refractivity contribution in [3.8, 4) is 0 Å². The zero-order valence-electron chi connectivity index (χ0n) is 1.18. The maximum atomic E-state index is 7.33. The van der Waals surface area contributed by atoms with Crippen LogP contribution in [0.15, 0.2) is 0 Å². The Bertz CT molecular complexity index is 8.00. The Hall–Kier alpha value is 1.30. The molecular formula is H4AlClFeO. The molecule has 0 aromatic carbocycles. The fraction of sp³-hybridized carbons (Fsp3) is 0. The molecule has 0 fully saturated rings. The van der Waals surface area contributed by atoms with Gasteiger partial charge in [0.25, 0.3) is 0 Å². The van der Waals surface area contributed by atoms with Crippen LogP contribution in [0.3, 0.4) is 0 Å². The molecule has 0 heterocycles. The first-order chi connectivity index (χ1) is 1.41. The van der Waals surface area contributed by atoms with Crippen molar-refractivity contribution in [1.29, 1.82) is 0 Å². The predicted molar refractivity (Wildman–Crippen MR) is 18.0 cm³/mol. The normalized spacial score (nSPS) is 5.50. The van der Waals surface area contributed by atoms with Crippen LogP contribution in [0.1, 0.15) is 0 Å². The Labute approximate surface area is 46.2 Å². The first-order valence-corrected chi connectivity index (χ1v) is 2.30. The van der Waals surface area contributed by atoms with Crippen LogP contribution in [-0.4, -0.2) is 21.5 Å². The van der Waals surface area contributed by atoms with Crippen molar-refractivity contribution in [2.24, 2.45) is 0 Å². The van der Waals surface area contributed by atoms with Crippen LogP contribution in [0.25, 0.3) is 0 Å². The second-order valence-electron chi connectivity index (χ2n) is 0.0598. The average Bonchev–Trinajstić information content (AvgIpc) is 0.918. The molecule has 1 N–H and O–H groups in total. The van der Waals surface area contributed by atoms with Crippen molar-refractivity contribution in [3.63, 3.8) is 0 Å². The second-order valence-corrected chi connectivity index (χ2v) is 0.739. The first kappa shape index (κ1) is 9.00. The Morgan fingerprint density at radius 3 is 1.75 bits per heavy atom. The summed E-state index contributed by atoms with van der Waals surface area (Å²) in [5.74, 6) is 0. The molecule has 0 spiro atoms. The SMILES string of the molecule is [AlH3].[OH][Fe][Cl]. The summed E-state index contributed by atoms with van der Waals surface area (Å²) in [4.78, 5) is 0. The summed E-state index contributed by atoms with van der Waals surface area (Å²) in [6, 6.07) is 0. The Kier molecular flexibility index (Phi) is 19.9. The number of rotatable bonds is 0. The maximum absolute atomic E-state index is 7.33. The van der Waals surface area contributed by atoms with Gasteiger partial charge in [0.15, 0.2) is 17.4 Å². The van der Waals surface area contributed by atoms with Crippen LogP contribution >= 0.6 is 10.1 Å². The van der Waals surface area contributed by atoms with E-state index in [2.05, 4.69) is 10.1 Å². The van der Waals surface area contributed by atoms with Gasteiger partial charge in [-0.3, -0.25) is 0 Å². The molecule has 1 nitrogen and oxygen atoms in total. The van der Waals surface area contributed by atoms with Crippen LogP contribution in [0.5, 0.6) is 0 Å². The molecule has 0 aliphatic rings. The van der Waals surface area contributed by atoms with Gasteiger partial charge in [0.1, 0.15) is 0 Å². The molecule has 0 aromatic rings. The third-order valence-electron chi connectivity index (χ3n) is 0. The van der Waals surface area contributed by atoms with E-state index in [1.807, 2.05) is 0 Å². The minimum atomic E-state index is -0.278. The van der Waals surface area contributed by atoms with Crippen LogP contribution in [0, 0.1) is 0 Å². The summed E-state index contributed by atoms with van der Waals surface area (Å²) in [6.07, 6.45) is 0. The molecule has 0 unspecified atom stereocenters. The van der Waals surface area contributed by atoms with E-state index in [0.29, 0.717) is 0 Å². The molecular weight excluding hydrogens is 134 g/mol. The molecule has 28 valence electrons. The second kappa shape index (κ2) is 8.85. The van der Waals surface area contributed by atoms with Crippen LogP contribution in [-0.2, 0) is 14.4 Å². The van der Waals surface area contributed by atoms with Gasteiger partial charge < -0.3 is 0 Å². The van der Waals surface area contributed by atoms with Gasteiger partial charge in [0.2, 0.25) is 0 Å². The van der Waals surface area contributed by atoms with Gasteiger partial charge in [-0.05, 0) is 0 Å². The monoisotopic (exact) mass is 138 g/mol. The van der Waals surface area contributed by atoms with Crippen molar-refractivity contribution >= 4 is 27.5 Å². The number of hydrogen-bond acceptors (Lipinski definition) is 1. The molecule has 0 aromatic heterocycles. The van der Waals surface area contributed by atoms with Crippen molar-refractivity contribution in [3.05, 3.63) is 0 Å². The molecule has 0 aliphatic carbocycles. The van der Waals surface area contributed by atoms with E-state index in [1.165, 1.54) is 0 Å². The summed E-state index contributed by atoms with van der Waals surface area (Å²) in [5, 5.41) is 0. The molecule has 0 amide bonds. The van der Waals surface area contributed by atoms with Gasteiger partial charge in [-0.15, -0.1) is 0 Å². The zero-order chi connectivity index (χ0) is 2.71. The molecule has 0 aliphatic heterocycles. The molecule has 0 atom stereocenters. The van der Waals surface area contributed by atoms with Crippen LogP contribution in [0.4, 0.5) is 0 Å². The topological polar surface area (TPSA) is 20.2 Å². The van der Waals surface area contributed by atoms with Gasteiger partial charge >= 0.3 is 28.7 Å². The van der Waals surface area contributed by atoms with E-state index < -0.39 is 0 Å². The van der Waals surface area contributed by atoms with Crippen LogP contribution < -0.4 is 0 Å². The third kappa shape index (κ3) is 10.3. The molecule has 4 heavy (non-hydrogen) atoms. The molecule has 0 radical (unpaired) electrons. The van der Waals surface area contributed by atoms with E-state index in [-0.39, 0.29) is 31.7 Å². The number of hydrogen-bond donors (Lipinski definition) is 1. The van der Waals surface area contributed by atoms with Gasteiger partial charge in [-0.25, -0.2) is 0 Å². The molecule has 0 bridgehead atoms. The fourth-order valence-electron chi connectivity index (χ4n) is 0. The Balaban J connectivity index is 0. The summed E-state index contributed by atoms with van der Waals surface area (Å²) in [6.45, 7) is 0. The van der Waals surface area contributed by atoms with Gasteiger partial charge in [-0.1, -0.05) is 0 Å². The summed E-state index contributed by atoms with van der Waals surface area (Å²) in [7, 11) is 4.55. The minimum absolute atomic E-state index is 0. The first-order valence-electron chi connectivity index (χ1n) is 0.292. The zero-order valence-corrected chi connectivity index (χ0v) is 3.04. The van der Waals surface area contributed by atoms with Crippen molar-refractivity contribution in [2.45, 2.75) is 0 Å². The third-order valence-corrected chi connectivity index (χ3v) is 0. The molecule has 4 heteroatoms. The van der Waals surface area contributed by atoms with E-state index >= 15 is 0 Å². The number of halogens is 1. The van der Waals surface area contributed by atoms with Gasteiger partial charge in [0, 0.05) is 0 Å². The summed E-state index contributed by atoms with van der Waals surface area (Å²) in [5.41, 5.74) is 0. The van der Waals surface area contributed by atoms with Crippen molar-refractivity contribution in [1.82, 2.24) is 0 Å².